The third kappa shape index (κ3) is 4.13. The van der Waals surface area contributed by atoms with E-state index >= 15 is 0 Å². The number of hydrogen-bond acceptors (Lipinski definition) is 3. The number of rotatable bonds is 5. The Balaban J connectivity index is 4.07. The van der Waals surface area contributed by atoms with Crippen LogP contribution in [0.2, 0.25) is 0 Å². The lowest BCUT2D eigenvalue weighted by Gasteiger charge is -2.08. The maximum atomic E-state index is 10.5. The van der Waals surface area contributed by atoms with Crippen LogP contribution in [-0.4, -0.2) is 24.8 Å². The van der Waals surface area contributed by atoms with Crippen molar-refractivity contribution < 1.29 is 13.0 Å². The second-order valence-corrected chi connectivity index (χ2v) is 3.94. The average Bonchev–Trinajstić information content (AvgIpc) is 1.87. The molecule has 0 heterocycles. The monoisotopic (exact) mass is 179 g/mol. The van der Waals surface area contributed by atoms with Crippen molar-refractivity contribution in [2.75, 3.05) is 6.54 Å². The van der Waals surface area contributed by atoms with Crippen LogP contribution >= 0.6 is 0 Å². The number of allylic oxidation sites excluding steroid dienone is 1. The molecule has 1 unspecified atom stereocenters. The van der Waals surface area contributed by atoms with Gasteiger partial charge < -0.3 is 5.73 Å². The fourth-order valence-corrected chi connectivity index (χ4v) is 1.37. The van der Waals surface area contributed by atoms with Gasteiger partial charge in [-0.25, -0.2) is 0 Å². The molecule has 0 aliphatic carbocycles. The van der Waals surface area contributed by atoms with Crippen LogP contribution in [0.3, 0.4) is 0 Å². The van der Waals surface area contributed by atoms with Crippen molar-refractivity contribution in [2.45, 2.75) is 18.1 Å². The minimum Gasteiger partial charge on any atom is -0.329 e. The molecular formula is C6H13NO3S. The van der Waals surface area contributed by atoms with Crippen molar-refractivity contribution in [1.29, 1.82) is 0 Å². The van der Waals surface area contributed by atoms with E-state index in [4.69, 9.17) is 10.3 Å². The van der Waals surface area contributed by atoms with Gasteiger partial charge >= 0.3 is 0 Å². The van der Waals surface area contributed by atoms with Gasteiger partial charge in [-0.05, 0) is 12.8 Å². The van der Waals surface area contributed by atoms with Gasteiger partial charge in [-0.15, -0.1) is 6.58 Å². The Kier molecular flexibility index (Phi) is 4.32. The molecule has 0 fully saturated rings. The fourth-order valence-electron chi connectivity index (χ4n) is 0.692. The lowest BCUT2D eigenvalue weighted by atomic mass is 10.2. The summed E-state index contributed by atoms with van der Waals surface area (Å²) in [4.78, 5) is 0. The average molecular weight is 179 g/mol. The van der Waals surface area contributed by atoms with Gasteiger partial charge in [-0.3, -0.25) is 4.55 Å². The van der Waals surface area contributed by atoms with Gasteiger partial charge in [-0.2, -0.15) is 8.42 Å². The van der Waals surface area contributed by atoms with E-state index in [1.54, 1.807) is 6.08 Å². The first-order valence-electron chi connectivity index (χ1n) is 3.29. The summed E-state index contributed by atoms with van der Waals surface area (Å²) < 4.78 is 29.6. The fraction of sp³-hybridized carbons (Fsp3) is 0.667. The Morgan fingerprint density at radius 1 is 1.64 bits per heavy atom. The van der Waals surface area contributed by atoms with E-state index in [1.807, 2.05) is 0 Å². The van der Waals surface area contributed by atoms with Crippen LogP contribution < -0.4 is 5.73 Å². The molecule has 0 aromatic heterocycles. The van der Waals surface area contributed by atoms with Crippen LogP contribution in [0.4, 0.5) is 0 Å². The van der Waals surface area contributed by atoms with E-state index in [-0.39, 0.29) is 6.54 Å². The molecule has 5 heteroatoms. The molecule has 0 saturated carbocycles. The van der Waals surface area contributed by atoms with Crippen molar-refractivity contribution in [3.05, 3.63) is 12.7 Å². The zero-order chi connectivity index (χ0) is 8.91. The van der Waals surface area contributed by atoms with Crippen LogP contribution in [0.1, 0.15) is 12.8 Å². The quantitative estimate of drug-likeness (QED) is 0.465. The molecule has 0 aliphatic rings. The topological polar surface area (TPSA) is 80.4 Å². The highest BCUT2D eigenvalue weighted by atomic mass is 32.2. The minimum atomic E-state index is -3.96. The van der Waals surface area contributed by atoms with Crippen molar-refractivity contribution in [1.82, 2.24) is 0 Å². The molecule has 3 N–H and O–H groups in total. The van der Waals surface area contributed by atoms with Gasteiger partial charge in [0.05, 0.1) is 5.25 Å². The molecule has 4 nitrogen and oxygen atoms in total. The van der Waals surface area contributed by atoms with Crippen molar-refractivity contribution in [3.8, 4) is 0 Å². The predicted molar refractivity (Wildman–Crippen MR) is 43.8 cm³/mol. The van der Waals surface area contributed by atoms with Crippen LogP contribution in [0.15, 0.2) is 12.7 Å². The smallest absolute Gasteiger partial charge is 0.269 e. The number of nitrogens with two attached hydrogens (primary N) is 1. The molecular weight excluding hydrogens is 166 g/mol. The Morgan fingerprint density at radius 2 is 2.18 bits per heavy atom. The summed E-state index contributed by atoms with van der Waals surface area (Å²) in [6.45, 7) is 3.38. The highest BCUT2D eigenvalue weighted by molar-refractivity contribution is 7.86. The van der Waals surface area contributed by atoms with Gasteiger partial charge in [0, 0.05) is 6.54 Å². The largest absolute Gasteiger partial charge is 0.329 e. The lowest BCUT2D eigenvalue weighted by Crippen LogP contribution is -2.28. The van der Waals surface area contributed by atoms with Crippen molar-refractivity contribution >= 4 is 10.1 Å². The van der Waals surface area contributed by atoms with Crippen LogP contribution in [0.25, 0.3) is 0 Å². The zero-order valence-electron chi connectivity index (χ0n) is 6.23. The molecule has 0 radical (unpaired) electrons. The van der Waals surface area contributed by atoms with E-state index in [1.165, 1.54) is 0 Å². The third-order valence-corrected chi connectivity index (χ3v) is 2.65. The van der Waals surface area contributed by atoms with Crippen molar-refractivity contribution in [3.63, 3.8) is 0 Å². The summed E-state index contributed by atoms with van der Waals surface area (Å²) in [5, 5.41) is -0.847. The van der Waals surface area contributed by atoms with E-state index in [0.29, 0.717) is 12.8 Å². The third-order valence-electron chi connectivity index (χ3n) is 1.38. The van der Waals surface area contributed by atoms with Gasteiger partial charge in [0.1, 0.15) is 0 Å². The molecule has 0 spiro atoms. The van der Waals surface area contributed by atoms with Gasteiger partial charge in [0.2, 0.25) is 0 Å². The maximum absolute atomic E-state index is 10.5. The molecule has 0 bridgehead atoms. The first-order chi connectivity index (χ1) is 5.02. The SMILES string of the molecule is C=CCCC(CN)S(=O)(=O)O. The molecule has 0 rings (SSSR count). The highest BCUT2D eigenvalue weighted by Crippen LogP contribution is 2.05. The normalized spacial score (nSPS) is 14.4. The Morgan fingerprint density at radius 3 is 2.45 bits per heavy atom. The Bertz CT molecular complexity index is 210. The van der Waals surface area contributed by atoms with E-state index in [2.05, 4.69) is 6.58 Å². The standard InChI is InChI=1S/C6H13NO3S/c1-2-3-4-6(5-7)11(8,9)10/h2,6H,1,3-5,7H2,(H,8,9,10). The molecule has 66 valence electrons. The minimum absolute atomic E-state index is 0.0489. The summed E-state index contributed by atoms with van der Waals surface area (Å²) in [5.74, 6) is 0. The van der Waals surface area contributed by atoms with Gasteiger partial charge in [0.25, 0.3) is 10.1 Å². The molecule has 0 aliphatic heterocycles. The summed E-state index contributed by atoms with van der Waals surface area (Å²) in [5.41, 5.74) is 5.13. The summed E-state index contributed by atoms with van der Waals surface area (Å²) in [6.07, 6.45) is 2.47. The molecule has 1 atom stereocenters. The summed E-state index contributed by atoms with van der Waals surface area (Å²) in [7, 11) is -3.96. The van der Waals surface area contributed by atoms with Gasteiger partial charge in [0.15, 0.2) is 0 Å². The second kappa shape index (κ2) is 4.48. The summed E-state index contributed by atoms with van der Waals surface area (Å²) >= 11 is 0. The molecule has 0 aromatic rings. The molecule has 0 aromatic carbocycles. The van der Waals surface area contributed by atoms with Crippen LogP contribution in [0, 0.1) is 0 Å². The predicted octanol–water partition coefficient (Wildman–Crippen LogP) is 0.168. The van der Waals surface area contributed by atoms with E-state index in [9.17, 15) is 8.42 Å². The maximum Gasteiger partial charge on any atom is 0.269 e. The Hall–Kier alpha value is -0.390. The number of hydrogen-bond donors (Lipinski definition) is 2. The van der Waals surface area contributed by atoms with Gasteiger partial charge in [-0.1, -0.05) is 6.08 Å². The summed E-state index contributed by atoms with van der Waals surface area (Å²) in [6, 6.07) is 0. The highest BCUT2D eigenvalue weighted by Gasteiger charge is 2.19. The molecule has 11 heavy (non-hydrogen) atoms. The lowest BCUT2D eigenvalue weighted by molar-refractivity contribution is 0.463. The second-order valence-electron chi connectivity index (χ2n) is 2.24. The van der Waals surface area contributed by atoms with E-state index < -0.39 is 15.4 Å². The molecule has 0 amide bonds. The Labute approximate surface area is 66.8 Å². The van der Waals surface area contributed by atoms with Crippen molar-refractivity contribution in [2.24, 2.45) is 5.73 Å². The van der Waals surface area contributed by atoms with Crippen LogP contribution in [-0.2, 0) is 10.1 Å². The first-order valence-corrected chi connectivity index (χ1v) is 4.80. The zero-order valence-corrected chi connectivity index (χ0v) is 7.05. The van der Waals surface area contributed by atoms with Crippen LogP contribution in [0.5, 0.6) is 0 Å². The van der Waals surface area contributed by atoms with E-state index in [0.717, 1.165) is 0 Å². The first kappa shape index (κ1) is 10.6. The molecule has 0 saturated heterocycles.